The van der Waals surface area contributed by atoms with Gasteiger partial charge in [-0.1, -0.05) is 12.1 Å². The Bertz CT molecular complexity index is 799. The first-order chi connectivity index (χ1) is 13.6. The predicted molar refractivity (Wildman–Crippen MR) is 100 cm³/mol. The normalized spacial score (nSPS) is 13.9. The van der Waals surface area contributed by atoms with Crippen LogP contribution in [0.4, 0.5) is 10.2 Å². The van der Waals surface area contributed by atoms with Crippen LogP contribution in [0.2, 0.25) is 0 Å². The van der Waals surface area contributed by atoms with E-state index in [2.05, 4.69) is 20.2 Å². The third kappa shape index (κ3) is 5.78. The summed E-state index contributed by atoms with van der Waals surface area (Å²) in [6.07, 6.45) is 0. The van der Waals surface area contributed by atoms with E-state index in [1.807, 2.05) is 0 Å². The fourth-order valence-electron chi connectivity index (χ4n) is 2.66. The van der Waals surface area contributed by atoms with Gasteiger partial charge in [-0.2, -0.15) is 4.98 Å². The van der Waals surface area contributed by atoms with Crippen LogP contribution in [0.5, 0.6) is 11.6 Å². The van der Waals surface area contributed by atoms with Gasteiger partial charge in [0.2, 0.25) is 5.88 Å². The summed E-state index contributed by atoms with van der Waals surface area (Å²) in [4.78, 5) is 22.6. The van der Waals surface area contributed by atoms with Gasteiger partial charge in [0.15, 0.2) is 18.2 Å². The molecule has 0 spiro atoms. The molecule has 1 aromatic heterocycles. The Balaban J connectivity index is 1.41. The number of anilines is 1. The highest BCUT2D eigenvalue weighted by Gasteiger charge is 2.14. The Morgan fingerprint density at radius 1 is 1.25 bits per heavy atom. The van der Waals surface area contributed by atoms with Crippen molar-refractivity contribution in [3.63, 3.8) is 0 Å². The number of carbonyl (C=O) groups is 1. The van der Waals surface area contributed by atoms with Gasteiger partial charge in [0.25, 0.3) is 5.91 Å². The largest absolute Gasteiger partial charge is 0.481 e. The second-order valence-corrected chi connectivity index (χ2v) is 6.13. The van der Waals surface area contributed by atoms with E-state index in [0.717, 1.165) is 18.9 Å². The number of nitrogens with one attached hydrogen (secondary N) is 1. The van der Waals surface area contributed by atoms with Crippen LogP contribution in [-0.4, -0.2) is 61.9 Å². The number of amides is 1. The minimum absolute atomic E-state index is 0.0426. The van der Waals surface area contributed by atoms with Gasteiger partial charge < -0.3 is 24.4 Å². The van der Waals surface area contributed by atoms with Crippen LogP contribution >= 0.6 is 0 Å². The minimum atomic E-state index is -0.506. The highest BCUT2D eigenvalue weighted by atomic mass is 19.1. The van der Waals surface area contributed by atoms with Crippen LogP contribution in [0.25, 0.3) is 0 Å². The molecule has 8 nitrogen and oxygen atoms in total. The van der Waals surface area contributed by atoms with Crippen LogP contribution in [-0.2, 0) is 9.53 Å². The van der Waals surface area contributed by atoms with E-state index in [9.17, 15) is 9.18 Å². The molecule has 1 aliphatic heterocycles. The molecule has 1 saturated heterocycles. The first-order valence-corrected chi connectivity index (χ1v) is 9.07. The highest BCUT2D eigenvalue weighted by Crippen LogP contribution is 2.18. The first kappa shape index (κ1) is 19.8. The van der Waals surface area contributed by atoms with Gasteiger partial charge in [-0.3, -0.25) is 4.79 Å². The predicted octanol–water partition coefficient (Wildman–Crippen LogP) is 1.33. The first-order valence-electron chi connectivity index (χ1n) is 9.07. The molecule has 0 radical (unpaired) electrons. The van der Waals surface area contributed by atoms with Gasteiger partial charge in [-0.05, 0) is 19.1 Å². The molecule has 1 aliphatic rings. The van der Waals surface area contributed by atoms with Crippen molar-refractivity contribution in [1.82, 2.24) is 15.3 Å². The molecule has 1 fully saturated rings. The molecule has 1 amide bonds. The molecule has 0 unspecified atom stereocenters. The van der Waals surface area contributed by atoms with E-state index in [1.54, 1.807) is 25.1 Å². The molecule has 2 heterocycles. The maximum absolute atomic E-state index is 13.4. The average molecular weight is 390 g/mol. The number of para-hydroxylation sites is 1. The number of aromatic nitrogens is 2. The van der Waals surface area contributed by atoms with Crippen molar-refractivity contribution in [3.05, 3.63) is 42.0 Å². The number of benzene rings is 1. The standard InChI is InChI=1S/C19H23FN4O4/c1-14-22-17(24-7-10-26-11-8-24)12-19(23-14)27-9-6-21-18(25)13-28-16-5-3-2-4-15(16)20/h2-5,12H,6-11,13H2,1H3,(H,21,25). The van der Waals surface area contributed by atoms with Crippen LogP contribution < -0.4 is 19.7 Å². The molecule has 0 bridgehead atoms. The smallest absolute Gasteiger partial charge is 0.258 e. The van der Waals surface area contributed by atoms with E-state index in [-0.39, 0.29) is 31.4 Å². The quantitative estimate of drug-likeness (QED) is 0.681. The van der Waals surface area contributed by atoms with Gasteiger partial charge in [0.05, 0.1) is 19.8 Å². The van der Waals surface area contributed by atoms with Gasteiger partial charge in [-0.25, -0.2) is 9.37 Å². The lowest BCUT2D eigenvalue weighted by atomic mass is 10.3. The molecule has 3 rings (SSSR count). The Morgan fingerprint density at radius 3 is 2.82 bits per heavy atom. The van der Waals surface area contributed by atoms with Gasteiger partial charge in [-0.15, -0.1) is 0 Å². The summed E-state index contributed by atoms with van der Waals surface area (Å²) in [5, 5.41) is 2.65. The van der Waals surface area contributed by atoms with Crippen LogP contribution in [0.3, 0.4) is 0 Å². The lowest BCUT2D eigenvalue weighted by Crippen LogP contribution is -2.37. The summed E-state index contributed by atoms with van der Waals surface area (Å²) >= 11 is 0. The summed E-state index contributed by atoms with van der Waals surface area (Å²) in [5.74, 6) is 1.04. The number of nitrogens with zero attached hydrogens (tertiary/aromatic N) is 3. The molecular weight excluding hydrogens is 367 g/mol. The number of rotatable bonds is 8. The summed E-state index contributed by atoms with van der Waals surface area (Å²) in [7, 11) is 0. The Hall–Kier alpha value is -2.94. The maximum atomic E-state index is 13.4. The zero-order valence-electron chi connectivity index (χ0n) is 15.7. The number of hydrogen-bond acceptors (Lipinski definition) is 7. The molecule has 0 aliphatic carbocycles. The Labute approximate surface area is 162 Å². The molecule has 0 atom stereocenters. The molecule has 150 valence electrons. The van der Waals surface area contributed by atoms with E-state index >= 15 is 0 Å². The van der Waals surface area contributed by atoms with E-state index < -0.39 is 5.82 Å². The average Bonchev–Trinajstić information content (AvgIpc) is 2.71. The maximum Gasteiger partial charge on any atom is 0.258 e. The number of morpholine rings is 1. The zero-order chi connectivity index (χ0) is 19.8. The summed E-state index contributed by atoms with van der Waals surface area (Å²) < 4.78 is 29.6. The SMILES string of the molecule is Cc1nc(OCCNC(=O)COc2ccccc2F)cc(N2CCOCC2)n1. The van der Waals surface area contributed by atoms with Crippen LogP contribution in [0, 0.1) is 12.7 Å². The zero-order valence-corrected chi connectivity index (χ0v) is 15.7. The molecule has 0 saturated carbocycles. The lowest BCUT2D eigenvalue weighted by molar-refractivity contribution is -0.123. The highest BCUT2D eigenvalue weighted by molar-refractivity contribution is 5.77. The second kappa shape index (κ2) is 9.84. The van der Waals surface area contributed by atoms with Crippen molar-refractivity contribution in [3.8, 4) is 11.6 Å². The Morgan fingerprint density at radius 2 is 2.04 bits per heavy atom. The van der Waals surface area contributed by atoms with Crippen LogP contribution in [0.1, 0.15) is 5.82 Å². The van der Waals surface area contributed by atoms with Gasteiger partial charge in [0, 0.05) is 19.2 Å². The van der Waals surface area contributed by atoms with Gasteiger partial charge >= 0.3 is 0 Å². The fraction of sp³-hybridized carbons (Fsp3) is 0.421. The lowest BCUT2D eigenvalue weighted by Gasteiger charge is -2.28. The van der Waals surface area contributed by atoms with E-state index in [4.69, 9.17) is 14.2 Å². The van der Waals surface area contributed by atoms with Crippen LogP contribution in [0.15, 0.2) is 30.3 Å². The monoisotopic (exact) mass is 390 g/mol. The van der Waals surface area contributed by atoms with Crippen molar-refractivity contribution < 1.29 is 23.4 Å². The third-order valence-corrected chi connectivity index (χ3v) is 4.01. The summed E-state index contributed by atoms with van der Waals surface area (Å²) in [6, 6.07) is 7.71. The van der Waals surface area contributed by atoms with Crippen molar-refractivity contribution in [2.24, 2.45) is 0 Å². The molecular formula is C19H23FN4O4. The van der Waals surface area contributed by atoms with Crippen molar-refractivity contribution in [1.29, 1.82) is 0 Å². The van der Waals surface area contributed by atoms with Crippen molar-refractivity contribution in [2.75, 3.05) is 51.0 Å². The van der Waals surface area contributed by atoms with E-state index in [1.165, 1.54) is 12.1 Å². The summed E-state index contributed by atoms with van der Waals surface area (Å²) in [5.41, 5.74) is 0. The molecule has 1 aromatic carbocycles. The molecule has 9 heteroatoms. The van der Waals surface area contributed by atoms with Gasteiger partial charge in [0.1, 0.15) is 18.2 Å². The number of carbonyl (C=O) groups excluding carboxylic acids is 1. The summed E-state index contributed by atoms with van der Waals surface area (Å²) in [6.45, 7) is 4.93. The number of hydrogen-bond donors (Lipinski definition) is 1. The minimum Gasteiger partial charge on any atom is -0.481 e. The van der Waals surface area contributed by atoms with Crippen molar-refractivity contribution >= 4 is 11.7 Å². The van der Waals surface area contributed by atoms with E-state index in [0.29, 0.717) is 24.9 Å². The number of ether oxygens (including phenoxy) is 3. The number of halogens is 1. The topological polar surface area (TPSA) is 85.8 Å². The molecule has 2 aromatic rings. The Kier molecular flexibility index (Phi) is 6.96. The van der Waals surface area contributed by atoms with Crippen molar-refractivity contribution in [2.45, 2.75) is 6.92 Å². The third-order valence-electron chi connectivity index (χ3n) is 4.01. The molecule has 1 N–H and O–H groups in total. The molecule has 28 heavy (non-hydrogen) atoms. The second-order valence-electron chi connectivity index (χ2n) is 6.13. The number of aryl methyl sites for hydroxylation is 1. The fourth-order valence-corrected chi connectivity index (χ4v) is 2.66.